The molecule has 0 unspecified atom stereocenters. The molecule has 29 heavy (non-hydrogen) atoms. The van der Waals surface area contributed by atoms with E-state index < -0.39 is 0 Å². The monoisotopic (exact) mass is 404 g/mol. The quantitative estimate of drug-likeness (QED) is 0.439. The van der Waals surface area contributed by atoms with Crippen molar-refractivity contribution < 1.29 is 14.2 Å². The van der Waals surface area contributed by atoms with Crippen molar-refractivity contribution in [2.45, 2.75) is 70.7 Å². The van der Waals surface area contributed by atoms with Gasteiger partial charge in [0.25, 0.3) is 0 Å². The summed E-state index contributed by atoms with van der Waals surface area (Å²) < 4.78 is 18.2. The minimum Gasteiger partial charge on any atom is -0.369 e. The van der Waals surface area contributed by atoms with Gasteiger partial charge in [0.2, 0.25) is 0 Å². The second-order valence-corrected chi connectivity index (χ2v) is 8.29. The first-order valence-electron chi connectivity index (χ1n) is 11.7. The van der Waals surface area contributed by atoms with Gasteiger partial charge in [0, 0.05) is 32.0 Å². The van der Waals surface area contributed by atoms with Crippen LogP contribution in [0.1, 0.15) is 63.9 Å². The molecule has 0 amide bonds. The molecule has 2 aliphatic rings. The lowest BCUT2D eigenvalue weighted by atomic mass is 9.90. The second-order valence-electron chi connectivity index (χ2n) is 8.29. The number of piperidine rings is 1. The van der Waals surface area contributed by atoms with Gasteiger partial charge in [0.15, 0.2) is 6.29 Å². The van der Waals surface area contributed by atoms with Gasteiger partial charge in [-0.15, -0.1) is 0 Å². The summed E-state index contributed by atoms with van der Waals surface area (Å²) in [7, 11) is 0. The molecule has 0 aliphatic carbocycles. The number of hydrogen-bond acceptors (Lipinski definition) is 5. The number of nitrogens with zero attached hydrogens (tertiary/aromatic N) is 1. The molecule has 0 saturated carbocycles. The highest BCUT2D eigenvalue weighted by Gasteiger charge is 2.30. The zero-order valence-electron chi connectivity index (χ0n) is 18.4. The summed E-state index contributed by atoms with van der Waals surface area (Å²) in [4.78, 5) is 2.42. The molecule has 0 aromatic heterocycles. The minimum atomic E-state index is -0.273. The van der Waals surface area contributed by atoms with Crippen LogP contribution in [0.3, 0.4) is 0 Å². The normalized spacial score (nSPS) is 21.1. The van der Waals surface area contributed by atoms with Crippen LogP contribution < -0.4 is 10.2 Å². The molecule has 1 atom stereocenters. The van der Waals surface area contributed by atoms with Crippen molar-refractivity contribution in [3.8, 4) is 0 Å². The van der Waals surface area contributed by atoms with Crippen LogP contribution in [0.5, 0.6) is 0 Å². The van der Waals surface area contributed by atoms with Gasteiger partial charge in [-0.1, -0.05) is 38.8 Å². The van der Waals surface area contributed by atoms with Gasteiger partial charge in [-0.05, 0) is 62.4 Å². The Bertz CT molecular complexity index is 550. The first-order chi connectivity index (χ1) is 14.3. The van der Waals surface area contributed by atoms with E-state index in [9.17, 15) is 0 Å². The molecule has 0 radical (unpaired) electrons. The Morgan fingerprint density at radius 3 is 2.31 bits per heavy atom. The molecular formula is C24H40N2O3. The van der Waals surface area contributed by atoms with Gasteiger partial charge in [0.1, 0.15) is 6.10 Å². The molecule has 164 valence electrons. The molecule has 0 bridgehead atoms. The summed E-state index contributed by atoms with van der Waals surface area (Å²) in [6.45, 7) is 10.5. The average Bonchev–Trinajstić information content (AvgIpc) is 2.79. The number of hydrogen-bond donors (Lipinski definition) is 1. The number of ether oxygens (including phenoxy) is 3. The van der Waals surface area contributed by atoms with Gasteiger partial charge < -0.3 is 24.4 Å². The highest BCUT2D eigenvalue weighted by atomic mass is 16.7. The van der Waals surface area contributed by atoms with Gasteiger partial charge in [-0.2, -0.15) is 0 Å². The van der Waals surface area contributed by atoms with Gasteiger partial charge in [0.05, 0.1) is 6.61 Å². The Labute approximate surface area is 177 Å². The van der Waals surface area contributed by atoms with Crippen LogP contribution in [0.2, 0.25) is 0 Å². The number of morpholine rings is 1. The van der Waals surface area contributed by atoms with Crippen molar-refractivity contribution in [3.63, 3.8) is 0 Å². The Morgan fingerprint density at radius 2 is 1.69 bits per heavy atom. The largest absolute Gasteiger partial charge is 0.369 e. The van der Waals surface area contributed by atoms with Crippen molar-refractivity contribution in [3.05, 3.63) is 29.8 Å². The maximum absolute atomic E-state index is 6.07. The van der Waals surface area contributed by atoms with Crippen molar-refractivity contribution in [2.24, 2.45) is 0 Å². The fourth-order valence-electron chi connectivity index (χ4n) is 4.14. The molecule has 3 rings (SSSR count). The molecule has 1 N–H and O–H groups in total. The maximum atomic E-state index is 6.07. The molecule has 1 aromatic rings. The Balaban J connectivity index is 1.58. The summed E-state index contributed by atoms with van der Waals surface area (Å²) in [6.07, 6.45) is 6.54. The zero-order chi connectivity index (χ0) is 20.3. The Kier molecular flexibility index (Phi) is 9.74. The summed E-state index contributed by atoms with van der Waals surface area (Å²) in [6, 6.07) is 9.21. The van der Waals surface area contributed by atoms with E-state index >= 15 is 0 Å². The Morgan fingerprint density at radius 1 is 1.03 bits per heavy atom. The predicted molar refractivity (Wildman–Crippen MR) is 119 cm³/mol. The van der Waals surface area contributed by atoms with Crippen LogP contribution in [0.4, 0.5) is 5.69 Å². The lowest BCUT2D eigenvalue weighted by Crippen LogP contribution is -2.49. The van der Waals surface area contributed by atoms with Crippen molar-refractivity contribution in [2.75, 3.05) is 50.9 Å². The molecule has 2 heterocycles. The highest BCUT2D eigenvalue weighted by Crippen LogP contribution is 2.28. The van der Waals surface area contributed by atoms with Crippen LogP contribution in [0, 0.1) is 0 Å². The SMILES string of the molecule is CCCCOC(OCCCC)[C@@H]1CN(c2ccc(C3CCNCC3)cc2)CCO1. The van der Waals surface area contributed by atoms with E-state index in [2.05, 4.69) is 48.3 Å². The molecular weight excluding hydrogens is 364 g/mol. The van der Waals surface area contributed by atoms with Gasteiger partial charge in [-0.25, -0.2) is 0 Å². The molecule has 2 aliphatic heterocycles. The molecule has 1 aromatic carbocycles. The standard InChI is InChI=1S/C24H40N2O3/c1-3-5-16-28-24(29-17-6-4-2)23-19-26(15-18-27-23)22-9-7-20(8-10-22)21-11-13-25-14-12-21/h7-10,21,23-25H,3-6,11-19H2,1-2H3/t23-/m0/s1. The van der Waals surface area contributed by atoms with Crippen LogP contribution >= 0.6 is 0 Å². The van der Waals surface area contributed by atoms with E-state index in [1.54, 1.807) is 0 Å². The van der Waals surface area contributed by atoms with Crippen molar-refractivity contribution in [1.82, 2.24) is 5.32 Å². The van der Waals surface area contributed by atoms with Crippen LogP contribution in [0.25, 0.3) is 0 Å². The third kappa shape index (κ3) is 6.95. The Hall–Kier alpha value is -1.14. The van der Waals surface area contributed by atoms with Crippen LogP contribution in [0.15, 0.2) is 24.3 Å². The number of rotatable bonds is 11. The topological polar surface area (TPSA) is 43.0 Å². The lowest BCUT2D eigenvalue weighted by Gasteiger charge is -2.38. The number of benzene rings is 1. The third-order valence-corrected chi connectivity index (χ3v) is 6.03. The van der Waals surface area contributed by atoms with Crippen molar-refractivity contribution in [1.29, 1.82) is 0 Å². The summed E-state index contributed by atoms with van der Waals surface area (Å²) in [5, 5.41) is 3.45. The van der Waals surface area contributed by atoms with E-state index in [4.69, 9.17) is 14.2 Å². The second kappa shape index (κ2) is 12.5. The smallest absolute Gasteiger partial charge is 0.185 e. The fraction of sp³-hybridized carbons (Fsp3) is 0.750. The first-order valence-corrected chi connectivity index (χ1v) is 11.7. The third-order valence-electron chi connectivity index (χ3n) is 6.03. The molecule has 2 saturated heterocycles. The van der Waals surface area contributed by atoms with Crippen LogP contribution in [-0.4, -0.2) is 58.4 Å². The van der Waals surface area contributed by atoms with Gasteiger partial charge >= 0.3 is 0 Å². The van der Waals surface area contributed by atoms with Crippen molar-refractivity contribution >= 4 is 5.69 Å². The summed E-state index contributed by atoms with van der Waals surface area (Å²) >= 11 is 0. The molecule has 2 fully saturated rings. The van der Waals surface area contributed by atoms with E-state index in [0.29, 0.717) is 12.5 Å². The van der Waals surface area contributed by atoms with Crippen LogP contribution in [-0.2, 0) is 14.2 Å². The predicted octanol–water partition coefficient (Wildman–Crippen LogP) is 4.32. The summed E-state index contributed by atoms with van der Waals surface area (Å²) in [5.41, 5.74) is 2.75. The molecule has 5 heteroatoms. The molecule has 5 nitrogen and oxygen atoms in total. The maximum Gasteiger partial charge on any atom is 0.185 e. The molecule has 0 spiro atoms. The number of nitrogens with one attached hydrogen (secondary N) is 1. The minimum absolute atomic E-state index is 0.0402. The first kappa shape index (κ1) is 22.5. The van der Waals surface area contributed by atoms with E-state index in [1.165, 1.54) is 24.1 Å². The summed E-state index contributed by atoms with van der Waals surface area (Å²) in [5.74, 6) is 0.700. The lowest BCUT2D eigenvalue weighted by molar-refractivity contribution is -0.209. The number of unbranched alkanes of at least 4 members (excludes halogenated alkanes) is 2. The fourth-order valence-corrected chi connectivity index (χ4v) is 4.14. The van der Waals surface area contributed by atoms with E-state index in [0.717, 1.165) is 65.1 Å². The number of anilines is 1. The van der Waals surface area contributed by atoms with E-state index in [-0.39, 0.29) is 12.4 Å². The average molecular weight is 405 g/mol. The zero-order valence-corrected chi connectivity index (χ0v) is 18.4. The highest BCUT2D eigenvalue weighted by molar-refractivity contribution is 5.48. The van der Waals surface area contributed by atoms with Gasteiger partial charge in [-0.3, -0.25) is 0 Å². The van der Waals surface area contributed by atoms with E-state index in [1.807, 2.05) is 0 Å².